The predicted molar refractivity (Wildman–Crippen MR) is 169 cm³/mol. The summed E-state index contributed by atoms with van der Waals surface area (Å²) < 4.78 is 4.94. The number of carbonyl (C=O) groups excluding carboxylic acids is 1. The molecule has 0 bridgehead atoms. The molecule has 0 heterocycles. The van der Waals surface area contributed by atoms with E-state index < -0.39 is 0 Å². The van der Waals surface area contributed by atoms with Crippen molar-refractivity contribution in [1.29, 1.82) is 0 Å². The van der Waals surface area contributed by atoms with Crippen LogP contribution in [0.15, 0.2) is 42.5 Å². The minimum Gasteiger partial charge on any atom is -0.465 e. The normalized spacial score (nSPS) is 44.2. The van der Waals surface area contributed by atoms with Gasteiger partial charge in [0.2, 0.25) is 0 Å². The van der Waals surface area contributed by atoms with Crippen molar-refractivity contribution < 1.29 is 9.53 Å². The van der Waals surface area contributed by atoms with Crippen molar-refractivity contribution in [2.75, 3.05) is 7.11 Å². The molecule has 0 saturated heterocycles. The smallest absolute Gasteiger partial charge is 0.337 e. The predicted octanol–water partition coefficient (Wildman–Crippen LogP) is 9.76. The molecule has 0 spiro atoms. The number of fused-ring (bicyclic) bond motifs is 7. The second-order valence-corrected chi connectivity index (χ2v) is 16.1. The van der Waals surface area contributed by atoms with Crippen LogP contribution in [0.1, 0.15) is 115 Å². The first-order valence-corrected chi connectivity index (χ1v) is 16.3. The Morgan fingerprint density at radius 2 is 1.63 bits per heavy atom. The van der Waals surface area contributed by atoms with Gasteiger partial charge < -0.3 is 4.74 Å². The van der Waals surface area contributed by atoms with E-state index in [4.69, 9.17) is 11.2 Å². The Morgan fingerprint density at radius 3 is 2.27 bits per heavy atom. The highest BCUT2D eigenvalue weighted by molar-refractivity contribution is 5.89. The lowest BCUT2D eigenvalue weighted by Crippen LogP contribution is -2.65. The first-order chi connectivity index (χ1) is 19.3. The lowest BCUT2D eigenvalue weighted by atomic mass is 9.32. The Labute approximate surface area is 249 Å². The van der Waals surface area contributed by atoms with Crippen molar-refractivity contribution in [3.8, 4) is 12.3 Å². The maximum Gasteiger partial charge on any atom is 0.337 e. The summed E-state index contributed by atoms with van der Waals surface area (Å²) in [6, 6.07) is 8.10. The SMILES string of the molecule is C#CC12CCC(C(=C)C)[C@@H]1[C@H]1CC[C@@H]3[C@@]4(C)CC=C(c5ccc(C(=O)OC)cc5)C(C)(C)[C@@H]4CC[C@@]3(C)[C@]1(C)CC2. The van der Waals surface area contributed by atoms with Gasteiger partial charge in [-0.15, -0.1) is 6.42 Å². The molecule has 2 nitrogen and oxygen atoms in total. The molecule has 9 atom stereocenters. The van der Waals surface area contributed by atoms with Gasteiger partial charge in [-0.3, -0.25) is 0 Å². The Kier molecular flexibility index (Phi) is 6.58. The molecule has 41 heavy (non-hydrogen) atoms. The van der Waals surface area contributed by atoms with Crippen LogP contribution in [0.25, 0.3) is 5.57 Å². The summed E-state index contributed by atoms with van der Waals surface area (Å²) in [6.07, 6.45) is 20.3. The Bertz CT molecular complexity index is 1320. The lowest BCUT2D eigenvalue weighted by Gasteiger charge is -2.72. The average molecular weight is 553 g/mol. The van der Waals surface area contributed by atoms with Gasteiger partial charge in [-0.25, -0.2) is 4.79 Å². The number of methoxy groups -OCH3 is 1. The third-order valence-corrected chi connectivity index (χ3v) is 14.5. The van der Waals surface area contributed by atoms with Crippen LogP contribution in [0.3, 0.4) is 0 Å². The molecule has 1 aromatic rings. The number of hydrogen-bond acceptors (Lipinski definition) is 2. The summed E-state index contributed by atoms with van der Waals surface area (Å²) in [5, 5.41) is 0. The highest BCUT2D eigenvalue weighted by atomic mass is 16.5. The molecule has 0 radical (unpaired) electrons. The van der Waals surface area contributed by atoms with Gasteiger partial charge in [0, 0.05) is 5.41 Å². The number of hydrogen-bond donors (Lipinski definition) is 0. The van der Waals surface area contributed by atoms with Gasteiger partial charge in [0.05, 0.1) is 12.7 Å². The van der Waals surface area contributed by atoms with Crippen LogP contribution in [-0.2, 0) is 4.74 Å². The van der Waals surface area contributed by atoms with E-state index in [-0.39, 0.29) is 22.2 Å². The van der Waals surface area contributed by atoms with Crippen LogP contribution >= 0.6 is 0 Å². The van der Waals surface area contributed by atoms with E-state index in [2.05, 4.69) is 72.3 Å². The molecule has 0 N–H and O–H groups in total. The molecule has 220 valence electrons. The fourth-order valence-corrected chi connectivity index (χ4v) is 12.4. The average Bonchev–Trinajstić information content (AvgIpc) is 3.33. The van der Waals surface area contributed by atoms with E-state index in [9.17, 15) is 4.79 Å². The third-order valence-electron chi connectivity index (χ3n) is 14.5. The topological polar surface area (TPSA) is 26.3 Å². The Morgan fingerprint density at radius 1 is 0.927 bits per heavy atom. The number of esters is 1. The zero-order chi connectivity index (χ0) is 29.6. The molecule has 4 fully saturated rings. The highest BCUT2D eigenvalue weighted by Gasteiger charge is 2.70. The first-order valence-electron chi connectivity index (χ1n) is 16.3. The van der Waals surface area contributed by atoms with Crippen LogP contribution in [0.4, 0.5) is 0 Å². The van der Waals surface area contributed by atoms with E-state index in [1.807, 2.05) is 12.1 Å². The van der Waals surface area contributed by atoms with Crippen molar-refractivity contribution in [3.63, 3.8) is 0 Å². The number of carbonyl (C=O) groups is 1. The van der Waals surface area contributed by atoms with E-state index >= 15 is 0 Å². The standard InChI is InChI=1S/C39H52O2/c1-10-39-22-17-28(25(2)3)33(39)30-15-16-32-36(6)20-18-29(26-11-13-27(14-12-26)34(40)41-9)35(4,5)31(36)19-21-38(32,8)37(30,7)23-24-39/h1,11-14,18,28,30-33H,2,15-17,19-24H2,3-9H3/t28?,30-,31+,32-,33-,36+,37-,38-,39?/m1/s1. The van der Waals surface area contributed by atoms with Crippen LogP contribution < -0.4 is 0 Å². The number of terminal acetylenes is 1. The molecule has 5 aliphatic carbocycles. The van der Waals surface area contributed by atoms with Gasteiger partial charge in [-0.1, -0.05) is 70.9 Å². The van der Waals surface area contributed by atoms with Gasteiger partial charge in [-0.05, 0) is 139 Å². The molecule has 0 amide bonds. The molecule has 6 rings (SSSR count). The minimum absolute atomic E-state index is 0.0700. The van der Waals surface area contributed by atoms with Gasteiger partial charge in [0.15, 0.2) is 0 Å². The maximum absolute atomic E-state index is 12.0. The van der Waals surface area contributed by atoms with Crippen LogP contribution in [0, 0.1) is 69.0 Å². The minimum atomic E-state index is -0.272. The molecule has 0 aromatic heterocycles. The number of benzene rings is 1. The van der Waals surface area contributed by atoms with Crippen LogP contribution in [-0.4, -0.2) is 13.1 Å². The fraction of sp³-hybridized carbons (Fsp3) is 0.667. The van der Waals surface area contributed by atoms with E-state index in [0.29, 0.717) is 40.1 Å². The number of rotatable bonds is 3. The summed E-state index contributed by atoms with van der Waals surface area (Å²) in [6.45, 7) is 19.8. The monoisotopic (exact) mass is 552 g/mol. The third kappa shape index (κ3) is 3.72. The van der Waals surface area contributed by atoms with Crippen molar-refractivity contribution in [3.05, 3.63) is 53.6 Å². The molecule has 5 aliphatic rings. The largest absolute Gasteiger partial charge is 0.465 e. The Hall–Kier alpha value is -2.27. The quantitative estimate of drug-likeness (QED) is 0.212. The zero-order valence-electron chi connectivity index (χ0n) is 26.7. The van der Waals surface area contributed by atoms with Crippen molar-refractivity contribution >= 4 is 11.5 Å². The number of allylic oxidation sites excluding steroid dienone is 3. The van der Waals surface area contributed by atoms with E-state index in [1.165, 1.54) is 75.2 Å². The van der Waals surface area contributed by atoms with E-state index in [0.717, 1.165) is 12.3 Å². The van der Waals surface area contributed by atoms with Gasteiger partial charge in [0.25, 0.3) is 0 Å². The molecule has 4 saturated carbocycles. The summed E-state index contributed by atoms with van der Waals surface area (Å²) in [7, 11) is 1.44. The maximum atomic E-state index is 12.0. The molecular weight excluding hydrogens is 500 g/mol. The summed E-state index contributed by atoms with van der Waals surface area (Å²) in [5.41, 5.74) is 5.77. The van der Waals surface area contributed by atoms with Crippen molar-refractivity contribution in [1.82, 2.24) is 0 Å². The van der Waals surface area contributed by atoms with Crippen LogP contribution in [0.5, 0.6) is 0 Å². The Balaban J connectivity index is 1.35. The zero-order valence-corrected chi connectivity index (χ0v) is 26.7. The highest BCUT2D eigenvalue weighted by Crippen LogP contribution is 2.77. The van der Waals surface area contributed by atoms with Gasteiger partial charge in [-0.2, -0.15) is 0 Å². The molecule has 2 unspecified atom stereocenters. The molecule has 1 aromatic carbocycles. The summed E-state index contributed by atoms with van der Waals surface area (Å²) >= 11 is 0. The number of ether oxygens (including phenoxy) is 1. The fourth-order valence-electron chi connectivity index (χ4n) is 12.4. The van der Waals surface area contributed by atoms with Crippen LogP contribution in [0.2, 0.25) is 0 Å². The van der Waals surface area contributed by atoms with Gasteiger partial charge in [0.1, 0.15) is 0 Å². The van der Waals surface area contributed by atoms with E-state index in [1.54, 1.807) is 0 Å². The first kappa shape index (κ1) is 28.8. The second-order valence-electron chi connectivity index (χ2n) is 16.1. The summed E-state index contributed by atoms with van der Waals surface area (Å²) in [5.74, 6) is 6.40. The van der Waals surface area contributed by atoms with Crippen molar-refractivity contribution in [2.45, 2.75) is 99.3 Å². The summed E-state index contributed by atoms with van der Waals surface area (Å²) in [4.78, 5) is 12.0. The second kappa shape index (κ2) is 9.36. The molecular formula is C39H52O2. The molecule has 2 heteroatoms. The molecule has 0 aliphatic heterocycles. The lowest BCUT2D eigenvalue weighted by molar-refractivity contribution is -0.220. The van der Waals surface area contributed by atoms with Crippen molar-refractivity contribution in [2.24, 2.45) is 56.7 Å². The van der Waals surface area contributed by atoms with Gasteiger partial charge >= 0.3 is 5.97 Å².